The molecule has 0 N–H and O–H groups in total. The quantitative estimate of drug-likeness (QED) is 0.722. The molecule has 4 heteroatoms. The number of fused-ring (bicyclic) bond motifs is 2. The van der Waals surface area contributed by atoms with Gasteiger partial charge in [0.25, 0.3) is 0 Å². The molecule has 4 nitrogen and oxygen atoms in total. The Morgan fingerprint density at radius 2 is 2.19 bits per heavy atom. The second-order valence-corrected chi connectivity index (χ2v) is 4.24. The summed E-state index contributed by atoms with van der Waals surface area (Å²) in [5, 5.41) is 0. The van der Waals surface area contributed by atoms with Crippen LogP contribution in [0, 0.1) is 0 Å². The Balaban J connectivity index is 2.04. The molecule has 3 rings (SSSR count). The van der Waals surface area contributed by atoms with E-state index in [1.165, 1.54) is 0 Å². The summed E-state index contributed by atoms with van der Waals surface area (Å²) >= 11 is 0. The molecule has 2 aliphatic heterocycles. The van der Waals surface area contributed by atoms with Gasteiger partial charge in [-0.2, -0.15) is 0 Å². The van der Waals surface area contributed by atoms with Crippen LogP contribution in [0.15, 0.2) is 12.3 Å². The fourth-order valence-corrected chi connectivity index (χ4v) is 2.56. The molecule has 0 atom stereocenters. The van der Waals surface area contributed by atoms with Gasteiger partial charge >= 0.3 is 0 Å². The van der Waals surface area contributed by atoms with Gasteiger partial charge in [-0.3, -0.25) is 4.98 Å². The second kappa shape index (κ2) is 3.71. The first-order valence-electron chi connectivity index (χ1n) is 5.60. The molecule has 0 unspecified atom stereocenters. The van der Waals surface area contributed by atoms with Gasteiger partial charge in [0.2, 0.25) is 0 Å². The van der Waals surface area contributed by atoms with Crippen LogP contribution in [0.3, 0.4) is 0 Å². The van der Waals surface area contributed by atoms with Crippen LogP contribution < -0.4 is 4.74 Å². The number of rotatable bonds is 1. The molecule has 0 saturated carbocycles. The highest BCUT2D eigenvalue weighted by Crippen LogP contribution is 2.44. The van der Waals surface area contributed by atoms with Crippen molar-refractivity contribution in [2.45, 2.75) is 25.0 Å². The number of hydrogen-bond acceptors (Lipinski definition) is 4. The van der Waals surface area contributed by atoms with Gasteiger partial charge in [-0.25, -0.2) is 0 Å². The Kier molecular flexibility index (Phi) is 2.33. The maximum Gasteiger partial charge on any atom is 0.127 e. The van der Waals surface area contributed by atoms with Crippen LogP contribution >= 0.6 is 0 Å². The monoisotopic (exact) mass is 221 g/mol. The van der Waals surface area contributed by atoms with Gasteiger partial charge in [0, 0.05) is 37.8 Å². The van der Waals surface area contributed by atoms with Crippen LogP contribution in [0.4, 0.5) is 0 Å². The Bertz CT molecular complexity index is 399. The van der Waals surface area contributed by atoms with Gasteiger partial charge in [-0.1, -0.05) is 0 Å². The largest absolute Gasteiger partial charge is 0.496 e. The van der Waals surface area contributed by atoms with Gasteiger partial charge in [0.05, 0.1) is 19.4 Å². The van der Waals surface area contributed by atoms with E-state index in [0.29, 0.717) is 6.61 Å². The van der Waals surface area contributed by atoms with Gasteiger partial charge < -0.3 is 14.2 Å². The molecule has 1 aromatic rings. The van der Waals surface area contributed by atoms with E-state index in [1.54, 1.807) is 13.3 Å². The first-order chi connectivity index (χ1) is 7.86. The molecule has 0 bridgehead atoms. The summed E-state index contributed by atoms with van der Waals surface area (Å²) in [4.78, 5) is 4.48. The summed E-state index contributed by atoms with van der Waals surface area (Å²) in [6.45, 7) is 2.10. The van der Waals surface area contributed by atoms with Gasteiger partial charge in [0.15, 0.2) is 0 Å². The Morgan fingerprint density at radius 3 is 2.94 bits per heavy atom. The van der Waals surface area contributed by atoms with Crippen molar-refractivity contribution in [1.29, 1.82) is 0 Å². The first kappa shape index (κ1) is 10.1. The Morgan fingerprint density at radius 1 is 1.38 bits per heavy atom. The molecule has 0 aliphatic carbocycles. The molecule has 86 valence electrons. The summed E-state index contributed by atoms with van der Waals surface area (Å²) in [6.07, 6.45) is 3.57. The summed E-state index contributed by atoms with van der Waals surface area (Å²) in [6, 6.07) is 1.89. The average molecular weight is 221 g/mol. The van der Waals surface area contributed by atoms with Crippen LogP contribution in [0.1, 0.15) is 24.1 Å². The number of hydrogen-bond donors (Lipinski definition) is 0. The summed E-state index contributed by atoms with van der Waals surface area (Å²) in [5.41, 5.74) is 1.93. The molecule has 0 aromatic carbocycles. The van der Waals surface area contributed by atoms with Crippen molar-refractivity contribution in [2.24, 2.45) is 0 Å². The van der Waals surface area contributed by atoms with Crippen molar-refractivity contribution in [2.75, 3.05) is 20.3 Å². The van der Waals surface area contributed by atoms with Crippen molar-refractivity contribution in [3.05, 3.63) is 23.5 Å². The minimum absolute atomic E-state index is 0.220. The van der Waals surface area contributed by atoms with E-state index in [9.17, 15) is 0 Å². The lowest BCUT2D eigenvalue weighted by Gasteiger charge is -2.32. The van der Waals surface area contributed by atoms with E-state index in [1.807, 2.05) is 6.07 Å². The molecule has 1 aromatic heterocycles. The first-order valence-corrected chi connectivity index (χ1v) is 5.60. The number of ether oxygens (including phenoxy) is 3. The lowest BCUT2D eigenvalue weighted by Crippen LogP contribution is -2.33. The second-order valence-electron chi connectivity index (χ2n) is 4.24. The predicted molar refractivity (Wildman–Crippen MR) is 57.3 cm³/mol. The molecule has 1 saturated heterocycles. The molecule has 16 heavy (non-hydrogen) atoms. The lowest BCUT2D eigenvalue weighted by molar-refractivity contribution is -0.109. The minimum atomic E-state index is -0.220. The van der Waals surface area contributed by atoms with Crippen molar-refractivity contribution < 1.29 is 14.2 Å². The molecule has 3 heterocycles. The average Bonchev–Trinajstić information content (AvgIpc) is 2.70. The Labute approximate surface area is 94.5 Å². The third-order valence-corrected chi connectivity index (χ3v) is 3.46. The molecule has 2 aliphatic rings. The molecule has 1 fully saturated rings. The van der Waals surface area contributed by atoms with Crippen molar-refractivity contribution >= 4 is 0 Å². The third kappa shape index (κ3) is 1.33. The SMILES string of the molecule is COc1ccnc2c1COC21CCOCC1. The van der Waals surface area contributed by atoms with Crippen molar-refractivity contribution in [3.63, 3.8) is 0 Å². The molecule has 1 spiro atoms. The zero-order valence-corrected chi connectivity index (χ0v) is 9.36. The zero-order chi connectivity index (χ0) is 11.0. The number of methoxy groups -OCH3 is 1. The molecule has 0 radical (unpaired) electrons. The topological polar surface area (TPSA) is 40.6 Å². The van der Waals surface area contributed by atoms with E-state index in [2.05, 4.69) is 4.98 Å². The predicted octanol–water partition coefficient (Wildman–Crippen LogP) is 1.63. The highest BCUT2D eigenvalue weighted by atomic mass is 16.5. The van der Waals surface area contributed by atoms with E-state index in [4.69, 9.17) is 14.2 Å². The van der Waals surface area contributed by atoms with Crippen LogP contribution in [0.25, 0.3) is 0 Å². The van der Waals surface area contributed by atoms with Gasteiger partial charge in [-0.05, 0) is 6.07 Å². The summed E-state index contributed by atoms with van der Waals surface area (Å²) in [7, 11) is 1.69. The normalized spacial score (nSPS) is 22.1. The molecular weight excluding hydrogens is 206 g/mol. The van der Waals surface area contributed by atoms with Crippen LogP contribution in [0.2, 0.25) is 0 Å². The summed E-state index contributed by atoms with van der Waals surface area (Å²) in [5.74, 6) is 0.883. The van der Waals surface area contributed by atoms with E-state index < -0.39 is 0 Å². The highest BCUT2D eigenvalue weighted by Gasteiger charge is 2.43. The Hall–Kier alpha value is -1.13. The fraction of sp³-hybridized carbons (Fsp3) is 0.583. The lowest BCUT2D eigenvalue weighted by atomic mass is 9.89. The van der Waals surface area contributed by atoms with Crippen molar-refractivity contribution in [3.8, 4) is 5.75 Å². The smallest absolute Gasteiger partial charge is 0.127 e. The fourth-order valence-electron chi connectivity index (χ4n) is 2.56. The van der Waals surface area contributed by atoms with E-state index in [-0.39, 0.29) is 5.60 Å². The minimum Gasteiger partial charge on any atom is -0.496 e. The van der Waals surface area contributed by atoms with Crippen molar-refractivity contribution in [1.82, 2.24) is 4.98 Å². The highest BCUT2D eigenvalue weighted by molar-refractivity contribution is 5.41. The number of nitrogens with zero attached hydrogens (tertiary/aromatic N) is 1. The third-order valence-electron chi connectivity index (χ3n) is 3.46. The van der Waals surface area contributed by atoms with Crippen LogP contribution in [-0.2, 0) is 21.7 Å². The van der Waals surface area contributed by atoms with Gasteiger partial charge in [0.1, 0.15) is 11.4 Å². The standard InChI is InChI=1S/C12H15NO3/c1-14-10-2-5-13-11-9(10)8-16-12(11)3-6-15-7-4-12/h2,5H,3-4,6-8H2,1H3. The van der Waals surface area contributed by atoms with E-state index >= 15 is 0 Å². The van der Waals surface area contributed by atoms with E-state index in [0.717, 1.165) is 43.1 Å². The van der Waals surface area contributed by atoms with Gasteiger partial charge in [-0.15, -0.1) is 0 Å². The number of pyridine rings is 1. The molecule has 0 amide bonds. The van der Waals surface area contributed by atoms with Crippen LogP contribution in [-0.4, -0.2) is 25.3 Å². The molecular formula is C12H15NO3. The maximum atomic E-state index is 5.97. The zero-order valence-electron chi connectivity index (χ0n) is 9.36. The van der Waals surface area contributed by atoms with Crippen LogP contribution in [0.5, 0.6) is 5.75 Å². The maximum absolute atomic E-state index is 5.97. The number of aromatic nitrogens is 1. The summed E-state index contributed by atoms with van der Waals surface area (Å²) < 4.78 is 16.7.